The molecule has 0 radical (unpaired) electrons. The second kappa shape index (κ2) is 7.11. The number of hydrogen-bond acceptors (Lipinski definition) is 0. The number of halogens is 5. The number of benzene rings is 1. The highest BCUT2D eigenvalue weighted by atomic mass is 79.9. The molecule has 0 atom stereocenters. The van der Waals surface area contributed by atoms with Crippen LogP contribution in [0.25, 0.3) is 0 Å². The lowest BCUT2D eigenvalue weighted by Gasteiger charge is -2.30. The number of alkyl halides is 5. The van der Waals surface area contributed by atoms with E-state index < -0.39 is 11.7 Å². The zero-order valence-corrected chi connectivity index (χ0v) is 13.9. The van der Waals surface area contributed by atoms with Crippen LogP contribution in [0.3, 0.4) is 0 Å². The predicted molar refractivity (Wildman–Crippen MR) is 80.1 cm³/mol. The summed E-state index contributed by atoms with van der Waals surface area (Å²) in [6, 6.07) is 5.49. The highest BCUT2D eigenvalue weighted by Crippen LogP contribution is 2.34. The zero-order chi connectivity index (χ0) is 14.5. The minimum atomic E-state index is -4.26. The first-order valence-electron chi connectivity index (χ1n) is 6.15. The molecule has 0 nitrogen and oxygen atoms in total. The lowest BCUT2D eigenvalue weighted by atomic mass is 9.81. The van der Waals surface area contributed by atoms with Gasteiger partial charge in [0.25, 0.3) is 0 Å². The van der Waals surface area contributed by atoms with Crippen molar-refractivity contribution in [1.82, 2.24) is 0 Å². The van der Waals surface area contributed by atoms with E-state index in [0.29, 0.717) is 0 Å². The lowest BCUT2D eigenvalue weighted by molar-refractivity contribution is -0.137. The summed E-state index contributed by atoms with van der Waals surface area (Å²) in [5.41, 5.74) is 0.421. The molecule has 5 heteroatoms. The Kier molecular flexibility index (Phi) is 6.37. The first kappa shape index (κ1) is 17.0. The fraction of sp³-hybridized carbons (Fsp3) is 0.571. The minimum absolute atomic E-state index is 0.0640. The SMILES string of the molecule is CCCC(CBr)(CBr)Cc1ccc(C(F)(F)F)cc1. The molecule has 0 N–H and O–H groups in total. The van der Waals surface area contributed by atoms with Crippen molar-refractivity contribution in [2.45, 2.75) is 32.4 Å². The van der Waals surface area contributed by atoms with Crippen LogP contribution < -0.4 is 0 Å². The van der Waals surface area contributed by atoms with E-state index >= 15 is 0 Å². The molecule has 0 spiro atoms. The van der Waals surface area contributed by atoms with Gasteiger partial charge in [0, 0.05) is 10.7 Å². The standard InChI is InChI=1S/C14H17Br2F3/c1-2-7-13(9-15,10-16)8-11-3-5-12(6-4-11)14(17,18)19/h3-6H,2,7-10H2,1H3. The third kappa shape index (κ3) is 4.78. The Bertz CT molecular complexity index is 381. The minimum Gasteiger partial charge on any atom is -0.166 e. The molecule has 0 aliphatic heterocycles. The molecule has 0 bridgehead atoms. The van der Waals surface area contributed by atoms with Gasteiger partial charge in [0.2, 0.25) is 0 Å². The van der Waals surface area contributed by atoms with E-state index in [4.69, 9.17) is 0 Å². The molecule has 19 heavy (non-hydrogen) atoms. The van der Waals surface area contributed by atoms with Crippen LogP contribution in [0.2, 0.25) is 0 Å². The van der Waals surface area contributed by atoms with Crippen LogP contribution in [0.4, 0.5) is 13.2 Å². The Morgan fingerprint density at radius 3 is 1.89 bits per heavy atom. The molecule has 0 saturated heterocycles. The van der Waals surface area contributed by atoms with Crippen molar-refractivity contribution in [1.29, 1.82) is 0 Å². The molecule has 108 valence electrons. The van der Waals surface area contributed by atoms with Gasteiger partial charge in [0.1, 0.15) is 0 Å². The van der Waals surface area contributed by atoms with Crippen LogP contribution in [0.15, 0.2) is 24.3 Å². The van der Waals surface area contributed by atoms with Crippen LogP contribution in [-0.4, -0.2) is 10.7 Å². The molecule has 0 heterocycles. The summed E-state index contributed by atoms with van der Waals surface area (Å²) >= 11 is 7.06. The lowest BCUT2D eigenvalue weighted by Crippen LogP contribution is -2.27. The molecule has 0 amide bonds. The first-order chi connectivity index (χ1) is 8.87. The van der Waals surface area contributed by atoms with Crippen molar-refractivity contribution in [3.8, 4) is 0 Å². The maximum atomic E-state index is 12.5. The quantitative estimate of drug-likeness (QED) is 0.526. The smallest absolute Gasteiger partial charge is 0.166 e. The molecular formula is C14H17Br2F3. The molecule has 0 fully saturated rings. The van der Waals surface area contributed by atoms with Crippen molar-refractivity contribution in [3.63, 3.8) is 0 Å². The number of rotatable bonds is 6. The normalized spacial score (nSPS) is 12.7. The number of hydrogen-bond donors (Lipinski definition) is 0. The Balaban J connectivity index is 2.86. The summed E-state index contributed by atoms with van der Waals surface area (Å²) in [5.74, 6) is 0. The third-order valence-electron chi connectivity index (χ3n) is 3.21. The molecule has 1 rings (SSSR count). The fourth-order valence-corrected chi connectivity index (χ4v) is 4.01. The first-order valence-corrected chi connectivity index (χ1v) is 8.39. The van der Waals surface area contributed by atoms with E-state index in [2.05, 4.69) is 38.8 Å². The average molecular weight is 402 g/mol. The van der Waals surface area contributed by atoms with Gasteiger partial charge in [-0.1, -0.05) is 57.3 Å². The maximum Gasteiger partial charge on any atom is 0.416 e. The van der Waals surface area contributed by atoms with Gasteiger partial charge < -0.3 is 0 Å². The second-order valence-corrected chi connectivity index (χ2v) is 6.01. The van der Waals surface area contributed by atoms with Crippen LogP contribution >= 0.6 is 31.9 Å². The third-order valence-corrected chi connectivity index (χ3v) is 5.59. The highest BCUT2D eigenvalue weighted by molar-refractivity contribution is 9.09. The van der Waals surface area contributed by atoms with Crippen molar-refractivity contribution in [2.75, 3.05) is 10.7 Å². The summed E-state index contributed by atoms with van der Waals surface area (Å²) < 4.78 is 37.5. The second-order valence-electron chi connectivity index (χ2n) is 4.89. The van der Waals surface area contributed by atoms with Gasteiger partial charge in [-0.25, -0.2) is 0 Å². The van der Waals surface area contributed by atoms with E-state index in [-0.39, 0.29) is 5.41 Å². The Morgan fingerprint density at radius 1 is 1.00 bits per heavy atom. The largest absolute Gasteiger partial charge is 0.416 e. The average Bonchev–Trinajstić information content (AvgIpc) is 2.37. The van der Waals surface area contributed by atoms with Gasteiger partial charge in [0.15, 0.2) is 0 Å². The predicted octanol–water partition coefficient (Wildman–Crippen LogP) is 5.82. The fourth-order valence-electron chi connectivity index (χ4n) is 2.13. The summed E-state index contributed by atoms with van der Waals surface area (Å²) in [6.45, 7) is 2.12. The monoisotopic (exact) mass is 400 g/mol. The Labute approximate surface area is 129 Å². The topological polar surface area (TPSA) is 0 Å². The molecule has 1 aromatic rings. The van der Waals surface area contributed by atoms with Crippen molar-refractivity contribution >= 4 is 31.9 Å². The van der Waals surface area contributed by atoms with Crippen molar-refractivity contribution < 1.29 is 13.2 Å². The van der Waals surface area contributed by atoms with E-state index in [0.717, 1.165) is 47.6 Å². The van der Waals surface area contributed by atoms with Gasteiger partial charge in [-0.2, -0.15) is 13.2 Å². The van der Waals surface area contributed by atoms with Crippen LogP contribution in [0.1, 0.15) is 30.9 Å². The van der Waals surface area contributed by atoms with Gasteiger partial charge in [0.05, 0.1) is 5.56 Å². The molecule has 0 aromatic heterocycles. The molecule has 0 saturated carbocycles. The van der Waals surface area contributed by atoms with E-state index in [9.17, 15) is 13.2 Å². The van der Waals surface area contributed by atoms with Crippen LogP contribution in [-0.2, 0) is 12.6 Å². The molecule has 0 aliphatic rings. The van der Waals surface area contributed by atoms with Crippen molar-refractivity contribution in [2.24, 2.45) is 5.41 Å². The summed E-state index contributed by atoms with van der Waals surface area (Å²) in [7, 11) is 0. The van der Waals surface area contributed by atoms with Gasteiger partial charge >= 0.3 is 6.18 Å². The molecule has 0 unspecified atom stereocenters. The van der Waals surface area contributed by atoms with Crippen LogP contribution in [0, 0.1) is 5.41 Å². The maximum absolute atomic E-state index is 12.5. The summed E-state index contributed by atoms with van der Waals surface area (Å²) in [6.07, 6.45) is -1.40. The molecule has 1 aromatic carbocycles. The van der Waals surface area contributed by atoms with Gasteiger partial charge in [-0.05, 0) is 36.0 Å². The Hall–Kier alpha value is -0.0300. The van der Waals surface area contributed by atoms with Crippen molar-refractivity contribution in [3.05, 3.63) is 35.4 Å². The molecule has 0 aliphatic carbocycles. The van der Waals surface area contributed by atoms with Crippen LogP contribution in [0.5, 0.6) is 0 Å². The van der Waals surface area contributed by atoms with E-state index in [1.165, 1.54) is 0 Å². The van der Waals surface area contributed by atoms with E-state index in [1.54, 1.807) is 12.1 Å². The summed E-state index contributed by atoms with van der Waals surface area (Å²) in [5, 5.41) is 1.67. The Morgan fingerprint density at radius 2 is 1.53 bits per heavy atom. The van der Waals surface area contributed by atoms with Gasteiger partial charge in [-0.15, -0.1) is 0 Å². The molecular weight excluding hydrogens is 385 g/mol. The summed E-state index contributed by atoms with van der Waals surface area (Å²) in [4.78, 5) is 0. The van der Waals surface area contributed by atoms with E-state index in [1.807, 2.05) is 0 Å². The highest BCUT2D eigenvalue weighted by Gasteiger charge is 2.31. The van der Waals surface area contributed by atoms with Gasteiger partial charge in [-0.3, -0.25) is 0 Å². The zero-order valence-electron chi connectivity index (χ0n) is 10.7.